The third kappa shape index (κ3) is 2.00. The summed E-state index contributed by atoms with van der Waals surface area (Å²) in [6.45, 7) is 2.54. The third-order valence-corrected chi connectivity index (χ3v) is 2.47. The van der Waals surface area contributed by atoms with Crippen LogP contribution in [0.5, 0.6) is 0 Å². The summed E-state index contributed by atoms with van der Waals surface area (Å²) >= 11 is 0. The number of anilines is 1. The smallest absolute Gasteiger partial charge is 0.221 e. The topological polar surface area (TPSA) is 64.3 Å². The van der Waals surface area contributed by atoms with E-state index >= 15 is 0 Å². The van der Waals surface area contributed by atoms with Crippen LogP contribution < -0.4 is 11.1 Å². The largest absolute Gasteiger partial charge is 0.375 e. The minimum absolute atomic E-state index is 0.0810. The third-order valence-electron chi connectivity index (χ3n) is 2.47. The van der Waals surface area contributed by atoms with Crippen LogP contribution in [0.25, 0.3) is 0 Å². The van der Waals surface area contributed by atoms with Crippen molar-refractivity contribution in [3.05, 3.63) is 29.3 Å². The van der Waals surface area contributed by atoms with E-state index in [1.807, 2.05) is 18.2 Å². The minimum atomic E-state index is -0.0949. The van der Waals surface area contributed by atoms with Crippen LogP contribution in [0.2, 0.25) is 0 Å². The van der Waals surface area contributed by atoms with E-state index in [0.29, 0.717) is 13.2 Å². The number of carbonyl (C=O) groups is 1. The summed E-state index contributed by atoms with van der Waals surface area (Å²) in [6, 6.07) is 5.65. The van der Waals surface area contributed by atoms with E-state index in [2.05, 4.69) is 5.32 Å². The molecule has 3 N–H and O–H groups in total. The number of hydrogen-bond acceptors (Lipinski definition) is 3. The summed E-state index contributed by atoms with van der Waals surface area (Å²) in [4.78, 5) is 11.0. The standard InChI is InChI=1S/C11H14N2O2/c1-7(14)13-11-4-2-3-8-9(11)5-15-6-10(8)12/h2-4,10H,5-6,12H2,1H3,(H,13,14)/t10-/m1/s1. The van der Waals surface area contributed by atoms with Crippen molar-refractivity contribution in [2.75, 3.05) is 11.9 Å². The van der Waals surface area contributed by atoms with E-state index in [9.17, 15) is 4.79 Å². The lowest BCUT2D eigenvalue weighted by Crippen LogP contribution is -2.24. The van der Waals surface area contributed by atoms with E-state index in [4.69, 9.17) is 10.5 Å². The van der Waals surface area contributed by atoms with E-state index in [1.54, 1.807) is 0 Å². The molecule has 4 heteroatoms. The van der Waals surface area contributed by atoms with Crippen molar-refractivity contribution in [1.29, 1.82) is 0 Å². The van der Waals surface area contributed by atoms with Crippen LogP contribution in [0.1, 0.15) is 24.1 Å². The van der Waals surface area contributed by atoms with Crippen molar-refractivity contribution < 1.29 is 9.53 Å². The van der Waals surface area contributed by atoms with Gasteiger partial charge in [-0.1, -0.05) is 12.1 Å². The normalized spacial score (nSPS) is 19.5. The minimum Gasteiger partial charge on any atom is -0.375 e. The highest BCUT2D eigenvalue weighted by Gasteiger charge is 2.19. The molecule has 0 saturated carbocycles. The molecule has 0 bridgehead atoms. The van der Waals surface area contributed by atoms with Gasteiger partial charge in [0.2, 0.25) is 5.91 Å². The molecule has 0 aliphatic carbocycles. The van der Waals surface area contributed by atoms with Gasteiger partial charge >= 0.3 is 0 Å². The number of amides is 1. The van der Waals surface area contributed by atoms with E-state index in [0.717, 1.165) is 16.8 Å². The van der Waals surface area contributed by atoms with Crippen LogP contribution in [0, 0.1) is 0 Å². The summed E-state index contributed by atoms with van der Waals surface area (Å²) in [5.74, 6) is -0.0810. The average Bonchev–Trinajstić information content (AvgIpc) is 2.19. The predicted molar refractivity (Wildman–Crippen MR) is 57.3 cm³/mol. The Morgan fingerprint density at radius 1 is 1.60 bits per heavy atom. The Balaban J connectivity index is 2.40. The highest BCUT2D eigenvalue weighted by molar-refractivity contribution is 5.89. The highest BCUT2D eigenvalue weighted by Crippen LogP contribution is 2.28. The lowest BCUT2D eigenvalue weighted by molar-refractivity contribution is -0.114. The first-order chi connectivity index (χ1) is 7.18. The van der Waals surface area contributed by atoms with Crippen molar-refractivity contribution >= 4 is 11.6 Å². The Morgan fingerprint density at radius 3 is 3.13 bits per heavy atom. The number of carbonyl (C=O) groups excluding carboxylic acids is 1. The number of nitrogens with two attached hydrogens (primary N) is 1. The van der Waals surface area contributed by atoms with Gasteiger partial charge in [0.25, 0.3) is 0 Å². The zero-order valence-electron chi connectivity index (χ0n) is 8.62. The van der Waals surface area contributed by atoms with Crippen LogP contribution >= 0.6 is 0 Å². The Kier molecular flexibility index (Phi) is 2.70. The van der Waals surface area contributed by atoms with Crippen LogP contribution in [0.15, 0.2) is 18.2 Å². The molecule has 4 nitrogen and oxygen atoms in total. The fourth-order valence-electron chi connectivity index (χ4n) is 1.80. The molecule has 0 unspecified atom stereocenters. The number of hydrogen-bond donors (Lipinski definition) is 2. The molecule has 1 heterocycles. The average molecular weight is 206 g/mol. The zero-order valence-corrected chi connectivity index (χ0v) is 8.62. The molecule has 1 aliphatic rings. The Morgan fingerprint density at radius 2 is 2.40 bits per heavy atom. The summed E-state index contributed by atoms with van der Waals surface area (Å²) in [5, 5.41) is 2.78. The number of rotatable bonds is 1. The van der Waals surface area contributed by atoms with Gasteiger partial charge in [-0.2, -0.15) is 0 Å². The van der Waals surface area contributed by atoms with Gasteiger partial charge in [-0.15, -0.1) is 0 Å². The highest BCUT2D eigenvalue weighted by atomic mass is 16.5. The van der Waals surface area contributed by atoms with Gasteiger partial charge in [-0.3, -0.25) is 4.79 Å². The maximum absolute atomic E-state index is 11.0. The molecular formula is C11H14N2O2. The summed E-state index contributed by atoms with van der Waals surface area (Å²) in [6.07, 6.45) is 0. The predicted octanol–water partition coefficient (Wildman–Crippen LogP) is 1.17. The van der Waals surface area contributed by atoms with Crippen LogP contribution in [-0.2, 0) is 16.1 Å². The van der Waals surface area contributed by atoms with Crippen molar-refractivity contribution in [2.24, 2.45) is 5.73 Å². The first-order valence-electron chi connectivity index (χ1n) is 4.91. The summed E-state index contributed by atoms with van der Waals surface area (Å²) in [5.41, 5.74) is 8.76. The maximum atomic E-state index is 11.0. The molecule has 80 valence electrons. The van der Waals surface area contributed by atoms with Gasteiger partial charge in [-0.05, 0) is 11.6 Å². The molecule has 1 amide bonds. The molecule has 1 aromatic carbocycles. The second-order valence-corrected chi connectivity index (χ2v) is 3.68. The lowest BCUT2D eigenvalue weighted by atomic mass is 9.98. The number of benzene rings is 1. The number of fused-ring (bicyclic) bond motifs is 1. The first kappa shape index (κ1) is 10.1. The Hall–Kier alpha value is -1.39. The van der Waals surface area contributed by atoms with Crippen molar-refractivity contribution in [2.45, 2.75) is 19.6 Å². The van der Waals surface area contributed by atoms with Gasteiger partial charge in [0.1, 0.15) is 0 Å². The zero-order chi connectivity index (χ0) is 10.8. The molecule has 0 spiro atoms. The van der Waals surface area contributed by atoms with Gasteiger partial charge in [0, 0.05) is 18.2 Å². The summed E-state index contributed by atoms with van der Waals surface area (Å²) < 4.78 is 5.35. The molecule has 0 saturated heterocycles. The van der Waals surface area contributed by atoms with Gasteiger partial charge < -0.3 is 15.8 Å². The molecule has 1 aliphatic heterocycles. The maximum Gasteiger partial charge on any atom is 0.221 e. The van der Waals surface area contributed by atoms with Crippen LogP contribution in [-0.4, -0.2) is 12.5 Å². The fourth-order valence-corrected chi connectivity index (χ4v) is 1.80. The fraction of sp³-hybridized carbons (Fsp3) is 0.364. The van der Waals surface area contributed by atoms with Crippen LogP contribution in [0.3, 0.4) is 0 Å². The molecule has 0 radical (unpaired) electrons. The van der Waals surface area contributed by atoms with Gasteiger partial charge in [0.15, 0.2) is 0 Å². The summed E-state index contributed by atoms with van der Waals surface area (Å²) in [7, 11) is 0. The van der Waals surface area contributed by atoms with Crippen molar-refractivity contribution in [3.63, 3.8) is 0 Å². The van der Waals surface area contributed by atoms with E-state index < -0.39 is 0 Å². The quantitative estimate of drug-likeness (QED) is 0.725. The SMILES string of the molecule is CC(=O)Nc1cccc2c1COC[C@H]2N. The lowest BCUT2D eigenvalue weighted by Gasteiger charge is -2.24. The Labute approximate surface area is 88.4 Å². The molecule has 1 atom stereocenters. The van der Waals surface area contributed by atoms with Crippen molar-refractivity contribution in [3.8, 4) is 0 Å². The molecule has 2 rings (SSSR count). The van der Waals surface area contributed by atoms with Gasteiger partial charge in [0.05, 0.1) is 19.3 Å². The molecular weight excluding hydrogens is 192 g/mol. The monoisotopic (exact) mass is 206 g/mol. The Bertz CT molecular complexity index is 390. The second kappa shape index (κ2) is 4.00. The van der Waals surface area contributed by atoms with E-state index in [-0.39, 0.29) is 11.9 Å². The first-order valence-corrected chi connectivity index (χ1v) is 4.91. The molecule has 0 aromatic heterocycles. The second-order valence-electron chi connectivity index (χ2n) is 3.68. The number of ether oxygens (including phenoxy) is 1. The molecule has 1 aromatic rings. The number of nitrogens with one attached hydrogen (secondary N) is 1. The molecule has 15 heavy (non-hydrogen) atoms. The van der Waals surface area contributed by atoms with E-state index in [1.165, 1.54) is 6.92 Å². The van der Waals surface area contributed by atoms with Crippen molar-refractivity contribution in [1.82, 2.24) is 0 Å². The van der Waals surface area contributed by atoms with Crippen LogP contribution in [0.4, 0.5) is 5.69 Å². The van der Waals surface area contributed by atoms with Gasteiger partial charge in [-0.25, -0.2) is 0 Å². The molecule has 0 fully saturated rings.